The van der Waals surface area contributed by atoms with Crippen molar-refractivity contribution in [2.24, 2.45) is 0 Å². The standard InChI is InChI=1S/C28H31N3O5S/c1-2-22-8-11-24(12-9-22)31(37(33,34)25-6-4-3-5-7-25)20-28(32)30-16-14-29(15-17-30)19-23-10-13-26-27(18-23)36-21-35-26/h3-13,18H,2,14-17,19-21H2,1H3. The number of amides is 1. The summed E-state index contributed by atoms with van der Waals surface area (Å²) < 4.78 is 39.2. The molecule has 3 aromatic carbocycles. The highest BCUT2D eigenvalue weighted by molar-refractivity contribution is 7.92. The van der Waals surface area contributed by atoms with Crippen molar-refractivity contribution in [2.75, 3.05) is 43.8 Å². The molecule has 2 aliphatic rings. The van der Waals surface area contributed by atoms with Crippen LogP contribution in [0.25, 0.3) is 0 Å². The summed E-state index contributed by atoms with van der Waals surface area (Å²) in [4.78, 5) is 17.5. The molecule has 2 heterocycles. The SMILES string of the molecule is CCc1ccc(N(CC(=O)N2CCN(Cc3ccc4c(c3)OCO4)CC2)S(=O)(=O)c2ccccc2)cc1. The average Bonchev–Trinajstić information content (AvgIpc) is 3.40. The number of rotatable bonds is 8. The number of piperazine rings is 1. The molecular weight excluding hydrogens is 490 g/mol. The second kappa shape index (κ2) is 10.8. The van der Waals surface area contributed by atoms with Gasteiger partial charge in [0.25, 0.3) is 10.0 Å². The molecule has 0 bridgehead atoms. The van der Waals surface area contributed by atoms with Gasteiger partial charge in [0.1, 0.15) is 6.54 Å². The number of fused-ring (bicyclic) bond motifs is 1. The van der Waals surface area contributed by atoms with Crippen LogP contribution in [0.3, 0.4) is 0 Å². The second-order valence-electron chi connectivity index (χ2n) is 9.19. The molecule has 1 saturated heterocycles. The number of carbonyl (C=O) groups is 1. The fourth-order valence-corrected chi connectivity index (χ4v) is 6.04. The highest BCUT2D eigenvalue weighted by Crippen LogP contribution is 2.33. The molecule has 194 valence electrons. The molecule has 0 radical (unpaired) electrons. The third kappa shape index (κ3) is 5.57. The number of hydrogen-bond donors (Lipinski definition) is 0. The summed E-state index contributed by atoms with van der Waals surface area (Å²) in [6, 6.07) is 21.6. The van der Waals surface area contributed by atoms with Crippen LogP contribution in [-0.4, -0.2) is 63.6 Å². The number of aryl methyl sites for hydroxylation is 1. The molecule has 1 fully saturated rings. The smallest absolute Gasteiger partial charge is 0.264 e. The number of anilines is 1. The minimum atomic E-state index is -3.91. The monoisotopic (exact) mass is 521 g/mol. The van der Waals surface area contributed by atoms with Crippen molar-refractivity contribution in [1.82, 2.24) is 9.80 Å². The molecule has 0 saturated carbocycles. The van der Waals surface area contributed by atoms with Crippen molar-refractivity contribution in [3.63, 3.8) is 0 Å². The maximum absolute atomic E-state index is 13.6. The lowest BCUT2D eigenvalue weighted by Gasteiger charge is -2.36. The van der Waals surface area contributed by atoms with Crippen LogP contribution >= 0.6 is 0 Å². The molecule has 8 nitrogen and oxygen atoms in total. The number of benzene rings is 3. The van der Waals surface area contributed by atoms with Gasteiger partial charge in [0.2, 0.25) is 12.7 Å². The first-order chi connectivity index (χ1) is 17.9. The van der Waals surface area contributed by atoms with Gasteiger partial charge in [-0.3, -0.25) is 14.0 Å². The molecule has 37 heavy (non-hydrogen) atoms. The Bertz CT molecular complexity index is 1340. The Balaban J connectivity index is 1.26. The van der Waals surface area contributed by atoms with Crippen molar-refractivity contribution in [3.8, 4) is 11.5 Å². The van der Waals surface area contributed by atoms with Gasteiger partial charge in [-0.1, -0.05) is 43.3 Å². The molecule has 1 amide bonds. The second-order valence-corrected chi connectivity index (χ2v) is 11.1. The largest absolute Gasteiger partial charge is 0.454 e. The van der Waals surface area contributed by atoms with E-state index in [1.807, 2.05) is 37.3 Å². The normalized spacial score (nSPS) is 15.5. The van der Waals surface area contributed by atoms with Gasteiger partial charge in [-0.15, -0.1) is 0 Å². The first kappa shape index (κ1) is 25.1. The van der Waals surface area contributed by atoms with Gasteiger partial charge >= 0.3 is 0 Å². The predicted octanol–water partition coefficient (Wildman–Crippen LogP) is 3.52. The Morgan fingerprint density at radius 3 is 2.24 bits per heavy atom. The summed E-state index contributed by atoms with van der Waals surface area (Å²) in [5.41, 5.74) is 2.71. The molecule has 0 unspecified atom stereocenters. The van der Waals surface area contributed by atoms with Crippen LogP contribution in [0.1, 0.15) is 18.1 Å². The summed E-state index contributed by atoms with van der Waals surface area (Å²) in [5.74, 6) is 1.32. The third-order valence-electron chi connectivity index (χ3n) is 6.81. The zero-order valence-electron chi connectivity index (χ0n) is 20.9. The lowest BCUT2D eigenvalue weighted by Crippen LogP contribution is -2.51. The number of hydrogen-bond acceptors (Lipinski definition) is 6. The van der Waals surface area contributed by atoms with Gasteiger partial charge in [-0.05, 0) is 53.9 Å². The number of sulfonamides is 1. The van der Waals surface area contributed by atoms with Crippen LogP contribution < -0.4 is 13.8 Å². The molecule has 0 aromatic heterocycles. The number of ether oxygens (including phenoxy) is 2. The topological polar surface area (TPSA) is 79.4 Å². The minimum Gasteiger partial charge on any atom is -0.454 e. The average molecular weight is 522 g/mol. The van der Waals surface area contributed by atoms with Gasteiger partial charge in [0.05, 0.1) is 10.6 Å². The van der Waals surface area contributed by atoms with E-state index in [9.17, 15) is 13.2 Å². The van der Waals surface area contributed by atoms with Gasteiger partial charge in [0.15, 0.2) is 11.5 Å². The van der Waals surface area contributed by atoms with Crippen molar-refractivity contribution in [2.45, 2.75) is 24.8 Å². The van der Waals surface area contributed by atoms with Crippen LogP contribution in [0.15, 0.2) is 77.7 Å². The van der Waals surface area contributed by atoms with E-state index >= 15 is 0 Å². The molecule has 5 rings (SSSR count). The Labute approximate surface area is 218 Å². The zero-order chi connectivity index (χ0) is 25.8. The van der Waals surface area contributed by atoms with Crippen molar-refractivity contribution in [1.29, 1.82) is 0 Å². The van der Waals surface area contributed by atoms with Crippen molar-refractivity contribution < 1.29 is 22.7 Å². The van der Waals surface area contributed by atoms with E-state index in [-0.39, 0.29) is 24.1 Å². The van der Waals surface area contributed by atoms with Crippen molar-refractivity contribution in [3.05, 3.63) is 83.9 Å². The Kier molecular flexibility index (Phi) is 7.34. The van der Waals surface area contributed by atoms with E-state index in [1.165, 1.54) is 4.31 Å². The summed E-state index contributed by atoms with van der Waals surface area (Å²) in [6.07, 6.45) is 0.848. The van der Waals surface area contributed by atoms with E-state index in [1.54, 1.807) is 47.4 Å². The first-order valence-electron chi connectivity index (χ1n) is 12.5. The van der Waals surface area contributed by atoms with E-state index in [2.05, 4.69) is 4.90 Å². The van der Waals surface area contributed by atoms with Crippen LogP contribution in [0, 0.1) is 0 Å². The maximum atomic E-state index is 13.6. The quantitative estimate of drug-likeness (QED) is 0.451. The molecular formula is C28H31N3O5S. The number of carbonyl (C=O) groups excluding carboxylic acids is 1. The van der Waals surface area contributed by atoms with Crippen LogP contribution in [0.5, 0.6) is 11.5 Å². The van der Waals surface area contributed by atoms with E-state index in [0.717, 1.165) is 35.6 Å². The Morgan fingerprint density at radius 1 is 0.865 bits per heavy atom. The van der Waals surface area contributed by atoms with Gasteiger partial charge < -0.3 is 14.4 Å². The fraction of sp³-hybridized carbons (Fsp3) is 0.321. The highest BCUT2D eigenvalue weighted by atomic mass is 32.2. The lowest BCUT2D eigenvalue weighted by molar-refractivity contribution is -0.131. The van der Waals surface area contributed by atoms with E-state index in [4.69, 9.17) is 9.47 Å². The summed E-state index contributed by atoms with van der Waals surface area (Å²) in [5, 5.41) is 0. The van der Waals surface area contributed by atoms with Gasteiger partial charge in [0, 0.05) is 32.7 Å². The van der Waals surface area contributed by atoms with Gasteiger partial charge in [-0.2, -0.15) is 0 Å². The molecule has 0 aliphatic carbocycles. The molecule has 2 aliphatic heterocycles. The highest BCUT2D eigenvalue weighted by Gasteiger charge is 2.30. The fourth-order valence-electron chi connectivity index (χ4n) is 4.61. The molecule has 9 heteroatoms. The molecule has 0 N–H and O–H groups in total. The zero-order valence-corrected chi connectivity index (χ0v) is 21.7. The van der Waals surface area contributed by atoms with Crippen LogP contribution in [0.4, 0.5) is 5.69 Å². The van der Waals surface area contributed by atoms with Crippen molar-refractivity contribution >= 4 is 21.6 Å². The maximum Gasteiger partial charge on any atom is 0.264 e. The van der Waals surface area contributed by atoms with E-state index in [0.29, 0.717) is 31.9 Å². The van der Waals surface area contributed by atoms with Gasteiger partial charge in [-0.25, -0.2) is 8.42 Å². The molecule has 3 aromatic rings. The summed E-state index contributed by atoms with van der Waals surface area (Å²) in [7, 11) is -3.91. The van der Waals surface area contributed by atoms with Crippen LogP contribution in [-0.2, 0) is 27.8 Å². The predicted molar refractivity (Wildman–Crippen MR) is 141 cm³/mol. The molecule has 0 spiro atoms. The van der Waals surface area contributed by atoms with Crippen LogP contribution in [0.2, 0.25) is 0 Å². The summed E-state index contributed by atoms with van der Waals surface area (Å²) in [6.45, 7) is 5.28. The van der Waals surface area contributed by atoms with E-state index < -0.39 is 10.0 Å². The summed E-state index contributed by atoms with van der Waals surface area (Å²) >= 11 is 0. The third-order valence-corrected chi connectivity index (χ3v) is 8.60. The molecule has 0 atom stereocenters. The number of nitrogens with zero attached hydrogens (tertiary/aromatic N) is 3. The Morgan fingerprint density at radius 2 is 1.54 bits per heavy atom. The Hall–Kier alpha value is -3.56. The first-order valence-corrected chi connectivity index (χ1v) is 13.9. The lowest BCUT2D eigenvalue weighted by atomic mass is 10.1. The minimum absolute atomic E-state index is 0.163.